The maximum absolute atomic E-state index is 15.2. The average Bonchev–Trinajstić information content (AvgIpc) is 3.53. The van der Waals surface area contributed by atoms with Crippen molar-refractivity contribution in [1.82, 2.24) is 10.2 Å². The Labute approximate surface area is 166 Å². The normalized spacial score (nSPS) is 23.4. The van der Waals surface area contributed by atoms with E-state index in [1.807, 2.05) is 41.3 Å². The van der Waals surface area contributed by atoms with Gasteiger partial charge in [-0.2, -0.15) is 0 Å². The van der Waals surface area contributed by atoms with E-state index >= 15 is 4.39 Å². The standard InChI is InChI=1S/C24H29FN2O/c25-24(18-26-22-17-21(22)20-9-5-2-6-10-20)13-15-27(16-14-24)23(28)12-11-19-7-3-1-4-8-19/h1-10,21-22,26H,11-18H2. The van der Waals surface area contributed by atoms with Gasteiger partial charge in [-0.05, 0) is 24.0 Å². The summed E-state index contributed by atoms with van der Waals surface area (Å²) in [6, 6.07) is 20.9. The van der Waals surface area contributed by atoms with E-state index in [0.29, 0.717) is 50.9 Å². The Morgan fingerprint density at radius 2 is 1.68 bits per heavy atom. The van der Waals surface area contributed by atoms with Crippen LogP contribution >= 0.6 is 0 Å². The second kappa shape index (κ2) is 8.44. The predicted octanol–water partition coefficient (Wildman–Crippen LogP) is 4.10. The zero-order valence-corrected chi connectivity index (χ0v) is 16.3. The van der Waals surface area contributed by atoms with E-state index in [2.05, 4.69) is 29.6 Å². The number of hydrogen-bond acceptors (Lipinski definition) is 2. The van der Waals surface area contributed by atoms with Gasteiger partial charge >= 0.3 is 0 Å². The van der Waals surface area contributed by atoms with E-state index in [0.717, 1.165) is 12.8 Å². The highest BCUT2D eigenvalue weighted by Crippen LogP contribution is 2.41. The molecule has 1 amide bonds. The number of aryl methyl sites for hydroxylation is 1. The van der Waals surface area contributed by atoms with Gasteiger partial charge in [0.15, 0.2) is 0 Å². The number of nitrogens with zero attached hydrogens (tertiary/aromatic N) is 1. The smallest absolute Gasteiger partial charge is 0.222 e. The second-order valence-corrected chi connectivity index (χ2v) is 8.26. The number of amides is 1. The van der Waals surface area contributed by atoms with Crippen LogP contribution in [-0.2, 0) is 11.2 Å². The van der Waals surface area contributed by atoms with Gasteiger partial charge in [0, 0.05) is 50.9 Å². The molecule has 1 saturated carbocycles. The van der Waals surface area contributed by atoms with Crippen molar-refractivity contribution < 1.29 is 9.18 Å². The summed E-state index contributed by atoms with van der Waals surface area (Å²) in [5, 5.41) is 3.43. The molecular formula is C24H29FN2O. The summed E-state index contributed by atoms with van der Waals surface area (Å²) in [6.07, 6.45) is 3.20. The summed E-state index contributed by atoms with van der Waals surface area (Å²) in [7, 11) is 0. The Balaban J connectivity index is 1.18. The third kappa shape index (κ3) is 4.79. The molecule has 1 saturated heterocycles. The molecule has 2 fully saturated rings. The lowest BCUT2D eigenvalue weighted by Crippen LogP contribution is -2.49. The third-order valence-electron chi connectivity index (χ3n) is 6.18. The lowest BCUT2D eigenvalue weighted by molar-refractivity contribution is -0.133. The summed E-state index contributed by atoms with van der Waals surface area (Å²) in [5.74, 6) is 0.662. The minimum Gasteiger partial charge on any atom is -0.342 e. The van der Waals surface area contributed by atoms with Gasteiger partial charge in [0.2, 0.25) is 5.91 Å². The average molecular weight is 381 g/mol. The van der Waals surface area contributed by atoms with E-state index in [1.165, 1.54) is 11.1 Å². The number of halogens is 1. The number of carbonyl (C=O) groups excluding carboxylic acids is 1. The topological polar surface area (TPSA) is 32.3 Å². The highest BCUT2D eigenvalue weighted by molar-refractivity contribution is 5.76. The molecule has 2 aromatic rings. The maximum Gasteiger partial charge on any atom is 0.222 e. The lowest BCUT2D eigenvalue weighted by Gasteiger charge is -2.36. The molecule has 4 heteroatoms. The summed E-state index contributed by atoms with van der Waals surface area (Å²) >= 11 is 0. The highest BCUT2D eigenvalue weighted by atomic mass is 19.1. The molecule has 1 aliphatic heterocycles. The summed E-state index contributed by atoms with van der Waals surface area (Å²) < 4.78 is 15.2. The Morgan fingerprint density at radius 1 is 1.04 bits per heavy atom. The van der Waals surface area contributed by atoms with Crippen LogP contribution in [0.15, 0.2) is 60.7 Å². The molecule has 2 unspecified atom stereocenters. The van der Waals surface area contributed by atoms with Gasteiger partial charge < -0.3 is 10.2 Å². The SMILES string of the molecule is O=C(CCc1ccccc1)N1CCC(F)(CNC2CC2c2ccccc2)CC1. The van der Waals surface area contributed by atoms with Crippen molar-refractivity contribution in [3.05, 3.63) is 71.8 Å². The van der Waals surface area contributed by atoms with Crippen molar-refractivity contribution in [2.75, 3.05) is 19.6 Å². The fraction of sp³-hybridized carbons (Fsp3) is 0.458. The molecule has 28 heavy (non-hydrogen) atoms. The van der Waals surface area contributed by atoms with Crippen molar-refractivity contribution in [2.45, 2.75) is 49.7 Å². The van der Waals surface area contributed by atoms with Gasteiger partial charge in [0.1, 0.15) is 5.67 Å². The van der Waals surface area contributed by atoms with Gasteiger partial charge in [-0.25, -0.2) is 4.39 Å². The van der Waals surface area contributed by atoms with E-state index in [9.17, 15) is 4.79 Å². The van der Waals surface area contributed by atoms with Gasteiger partial charge in [-0.3, -0.25) is 4.79 Å². The molecule has 3 nitrogen and oxygen atoms in total. The van der Waals surface area contributed by atoms with E-state index < -0.39 is 5.67 Å². The van der Waals surface area contributed by atoms with Crippen molar-refractivity contribution in [3.8, 4) is 0 Å². The summed E-state index contributed by atoms with van der Waals surface area (Å²) in [6.45, 7) is 1.45. The molecule has 0 radical (unpaired) electrons. The number of alkyl halides is 1. The lowest BCUT2D eigenvalue weighted by atomic mass is 9.92. The largest absolute Gasteiger partial charge is 0.342 e. The summed E-state index contributed by atoms with van der Waals surface area (Å²) in [5.41, 5.74) is 1.32. The van der Waals surface area contributed by atoms with Crippen molar-refractivity contribution in [2.24, 2.45) is 0 Å². The number of nitrogens with one attached hydrogen (secondary N) is 1. The molecule has 0 bridgehead atoms. The zero-order valence-electron chi connectivity index (χ0n) is 16.3. The van der Waals surface area contributed by atoms with Gasteiger partial charge in [0.25, 0.3) is 0 Å². The molecule has 1 aliphatic carbocycles. The van der Waals surface area contributed by atoms with Crippen molar-refractivity contribution >= 4 is 5.91 Å². The Hall–Kier alpha value is -2.20. The monoisotopic (exact) mass is 380 g/mol. The van der Waals surface area contributed by atoms with Crippen LogP contribution in [0, 0.1) is 0 Å². The third-order valence-corrected chi connectivity index (χ3v) is 6.18. The second-order valence-electron chi connectivity index (χ2n) is 8.26. The van der Waals surface area contributed by atoms with Crippen LogP contribution < -0.4 is 5.32 Å². The minimum absolute atomic E-state index is 0.144. The first kappa shape index (κ1) is 19.1. The Kier molecular flexibility index (Phi) is 5.77. The molecule has 2 atom stereocenters. The molecule has 148 valence electrons. The number of hydrogen-bond donors (Lipinski definition) is 1. The molecule has 4 rings (SSSR count). The Morgan fingerprint density at radius 3 is 2.36 bits per heavy atom. The molecule has 2 aromatic carbocycles. The highest BCUT2D eigenvalue weighted by Gasteiger charge is 2.41. The van der Waals surface area contributed by atoms with Gasteiger partial charge in [0.05, 0.1) is 0 Å². The van der Waals surface area contributed by atoms with Crippen LogP contribution in [0.1, 0.15) is 42.7 Å². The number of likely N-dealkylation sites (tertiary alicyclic amines) is 1. The van der Waals surface area contributed by atoms with Gasteiger partial charge in [-0.15, -0.1) is 0 Å². The maximum atomic E-state index is 15.2. The minimum atomic E-state index is -1.19. The predicted molar refractivity (Wildman–Crippen MR) is 110 cm³/mol. The molecular weight excluding hydrogens is 351 g/mol. The fourth-order valence-corrected chi connectivity index (χ4v) is 4.19. The van der Waals surface area contributed by atoms with Crippen molar-refractivity contribution in [1.29, 1.82) is 0 Å². The van der Waals surface area contributed by atoms with Crippen LogP contribution in [0.5, 0.6) is 0 Å². The van der Waals surface area contributed by atoms with Crippen LogP contribution in [0.3, 0.4) is 0 Å². The number of piperidine rings is 1. The van der Waals surface area contributed by atoms with Crippen LogP contribution in [0.4, 0.5) is 4.39 Å². The first-order valence-corrected chi connectivity index (χ1v) is 10.4. The molecule has 1 heterocycles. The fourth-order valence-electron chi connectivity index (χ4n) is 4.19. The van der Waals surface area contributed by atoms with E-state index in [-0.39, 0.29) is 5.91 Å². The van der Waals surface area contributed by atoms with Crippen LogP contribution in [-0.4, -0.2) is 42.2 Å². The number of benzene rings is 2. The summed E-state index contributed by atoms with van der Waals surface area (Å²) in [4.78, 5) is 14.3. The van der Waals surface area contributed by atoms with E-state index in [4.69, 9.17) is 0 Å². The van der Waals surface area contributed by atoms with Gasteiger partial charge in [-0.1, -0.05) is 60.7 Å². The van der Waals surface area contributed by atoms with E-state index in [1.54, 1.807) is 0 Å². The zero-order chi connectivity index (χ0) is 19.4. The Bertz CT molecular complexity index is 772. The molecule has 0 aromatic heterocycles. The van der Waals surface area contributed by atoms with Crippen LogP contribution in [0.25, 0.3) is 0 Å². The van der Waals surface area contributed by atoms with Crippen molar-refractivity contribution in [3.63, 3.8) is 0 Å². The first-order chi connectivity index (χ1) is 13.6. The number of carbonyl (C=O) groups is 1. The molecule has 0 spiro atoms. The van der Waals surface area contributed by atoms with Crippen LogP contribution in [0.2, 0.25) is 0 Å². The number of rotatable bonds is 7. The quantitative estimate of drug-likeness (QED) is 0.784. The molecule has 1 N–H and O–H groups in total. The molecule has 2 aliphatic rings. The first-order valence-electron chi connectivity index (χ1n) is 10.4.